The number of rotatable bonds is 5. The molecular weight excluding hydrogens is 330 g/mol. The van der Waals surface area contributed by atoms with Crippen LogP contribution in [0.15, 0.2) is 66.2 Å². The molecular formula is C21H19NO4. The zero-order chi connectivity index (χ0) is 18.7. The first-order valence-electron chi connectivity index (χ1n) is 8.30. The van der Waals surface area contributed by atoms with Crippen LogP contribution in [0.4, 0.5) is 0 Å². The monoisotopic (exact) mass is 349 g/mol. The van der Waals surface area contributed by atoms with Gasteiger partial charge in [0.2, 0.25) is 0 Å². The van der Waals surface area contributed by atoms with Crippen LogP contribution in [-0.4, -0.2) is 35.8 Å². The molecule has 132 valence electrons. The molecule has 0 radical (unpaired) electrons. The topological polar surface area (TPSA) is 63.7 Å². The first-order valence-corrected chi connectivity index (χ1v) is 8.30. The predicted molar refractivity (Wildman–Crippen MR) is 96.6 cm³/mol. The van der Waals surface area contributed by atoms with Crippen molar-refractivity contribution in [3.05, 3.63) is 82.9 Å². The van der Waals surface area contributed by atoms with Crippen molar-refractivity contribution in [1.29, 1.82) is 0 Å². The Hall–Kier alpha value is -3.21. The maximum Gasteiger partial charge on any atom is 0.333 e. The third-order valence-corrected chi connectivity index (χ3v) is 4.39. The van der Waals surface area contributed by atoms with E-state index in [0.717, 1.165) is 5.56 Å². The molecule has 0 saturated carbocycles. The average Bonchev–Trinajstić information content (AvgIpc) is 2.92. The average molecular weight is 349 g/mol. The number of fused-ring (bicyclic) bond motifs is 1. The van der Waals surface area contributed by atoms with Crippen LogP contribution in [0.25, 0.3) is 0 Å². The van der Waals surface area contributed by atoms with Crippen LogP contribution in [0.1, 0.15) is 33.2 Å². The molecule has 1 heterocycles. The molecule has 0 aliphatic carbocycles. The number of hydrogen-bond acceptors (Lipinski definition) is 4. The van der Waals surface area contributed by atoms with Gasteiger partial charge in [-0.2, -0.15) is 0 Å². The van der Waals surface area contributed by atoms with Crippen LogP contribution in [0.2, 0.25) is 0 Å². The van der Waals surface area contributed by atoms with Crippen LogP contribution < -0.4 is 0 Å². The van der Waals surface area contributed by atoms with Gasteiger partial charge >= 0.3 is 5.97 Å². The quantitative estimate of drug-likeness (QED) is 0.473. The molecule has 2 amide bonds. The summed E-state index contributed by atoms with van der Waals surface area (Å²) in [4.78, 5) is 38.7. The highest BCUT2D eigenvalue weighted by molar-refractivity contribution is 6.21. The Bertz CT molecular complexity index is 851. The summed E-state index contributed by atoms with van der Waals surface area (Å²) in [6, 6.07) is 15.7. The van der Waals surface area contributed by atoms with E-state index in [1.54, 1.807) is 37.3 Å². The molecule has 1 aliphatic heterocycles. The van der Waals surface area contributed by atoms with Crippen LogP contribution in [-0.2, 0) is 16.0 Å². The SMILES string of the molecule is COC(=O)/C(C)=C/C(Cc1ccccc1)N1C(=O)c2ccccc2C1=O. The van der Waals surface area contributed by atoms with Crippen molar-refractivity contribution >= 4 is 17.8 Å². The van der Waals surface area contributed by atoms with E-state index >= 15 is 0 Å². The predicted octanol–water partition coefficient (Wildman–Crippen LogP) is 3.01. The van der Waals surface area contributed by atoms with Crippen LogP contribution >= 0.6 is 0 Å². The van der Waals surface area contributed by atoms with Gasteiger partial charge in [-0.3, -0.25) is 14.5 Å². The molecule has 1 aliphatic rings. The van der Waals surface area contributed by atoms with E-state index in [4.69, 9.17) is 4.74 Å². The van der Waals surface area contributed by atoms with Crippen molar-refractivity contribution in [2.75, 3.05) is 7.11 Å². The molecule has 5 heteroatoms. The Kier molecular flexibility index (Phi) is 4.98. The van der Waals surface area contributed by atoms with Gasteiger partial charge in [0.25, 0.3) is 11.8 Å². The normalized spacial score (nSPS) is 15.0. The number of esters is 1. The fourth-order valence-corrected chi connectivity index (χ4v) is 3.11. The third kappa shape index (κ3) is 3.28. The maximum absolute atomic E-state index is 12.8. The summed E-state index contributed by atoms with van der Waals surface area (Å²) in [7, 11) is 1.30. The molecule has 2 aromatic rings. The van der Waals surface area contributed by atoms with Crippen molar-refractivity contribution in [2.24, 2.45) is 0 Å². The van der Waals surface area contributed by atoms with Gasteiger partial charge in [-0.05, 0) is 31.0 Å². The number of hydrogen-bond donors (Lipinski definition) is 0. The standard InChI is InChI=1S/C21H19NO4/c1-14(21(25)26-2)12-16(13-15-8-4-3-5-9-15)22-19(23)17-10-6-7-11-18(17)20(22)24/h3-12,16H,13H2,1-2H3/b14-12+. The second kappa shape index (κ2) is 7.35. The Morgan fingerprint density at radius 1 is 1.00 bits per heavy atom. The highest BCUT2D eigenvalue weighted by Gasteiger charge is 2.39. The van der Waals surface area contributed by atoms with Crippen molar-refractivity contribution in [3.63, 3.8) is 0 Å². The summed E-state index contributed by atoms with van der Waals surface area (Å²) in [5, 5.41) is 0. The first-order chi connectivity index (χ1) is 12.5. The number of ether oxygens (including phenoxy) is 1. The minimum absolute atomic E-state index is 0.347. The first kappa shape index (κ1) is 17.6. The zero-order valence-corrected chi connectivity index (χ0v) is 14.6. The van der Waals surface area contributed by atoms with Gasteiger partial charge in [-0.1, -0.05) is 48.5 Å². The van der Waals surface area contributed by atoms with E-state index in [1.165, 1.54) is 12.0 Å². The summed E-state index contributed by atoms with van der Waals surface area (Å²) >= 11 is 0. The van der Waals surface area contributed by atoms with Crippen molar-refractivity contribution in [2.45, 2.75) is 19.4 Å². The summed E-state index contributed by atoms with van der Waals surface area (Å²) in [5.74, 6) is -1.18. The molecule has 0 saturated heterocycles. The molecule has 1 atom stereocenters. The minimum atomic E-state index is -0.580. The van der Waals surface area contributed by atoms with Gasteiger partial charge < -0.3 is 4.74 Å². The van der Waals surface area contributed by atoms with Gasteiger partial charge in [-0.15, -0.1) is 0 Å². The molecule has 0 spiro atoms. The fourth-order valence-electron chi connectivity index (χ4n) is 3.11. The number of methoxy groups -OCH3 is 1. The van der Waals surface area contributed by atoms with E-state index < -0.39 is 12.0 Å². The molecule has 3 rings (SSSR count). The Labute approximate surface area is 151 Å². The van der Waals surface area contributed by atoms with Crippen LogP contribution in [0.3, 0.4) is 0 Å². The summed E-state index contributed by atoms with van der Waals surface area (Å²) in [6.07, 6.45) is 2.04. The highest BCUT2D eigenvalue weighted by atomic mass is 16.5. The number of nitrogens with zero attached hydrogens (tertiary/aromatic N) is 1. The highest BCUT2D eigenvalue weighted by Crippen LogP contribution is 2.27. The smallest absolute Gasteiger partial charge is 0.333 e. The van der Waals surface area contributed by atoms with Gasteiger partial charge in [0.1, 0.15) is 0 Å². The Morgan fingerprint density at radius 2 is 1.54 bits per heavy atom. The van der Waals surface area contributed by atoms with E-state index in [-0.39, 0.29) is 11.8 Å². The molecule has 2 aromatic carbocycles. The lowest BCUT2D eigenvalue weighted by Crippen LogP contribution is -2.40. The zero-order valence-electron chi connectivity index (χ0n) is 14.6. The third-order valence-electron chi connectivity index (χ3n) is 4.39. The summed E-state index contributed by atoms with van der Waals surface area (Å²) < 4.78 is 4.75. The summed E-state index contributed by atoms with van der Waals surface area (Å²) in [5.41, 5.74) is 2.09. The van der Waals surface area contributed by atoms with Gasteiger partial charge in [-0.25, -0.2) is 4.79 Å². The van der Waals surface area contributed by atoms with E-state index in [1.807, 2.05) is 30.3 Å². The number of amides is 2. The van der Waals surface area contributed by atoms with E-state index in [9.17, 15) is 14.4 Å². The molecule has 0 bridgehead atoms. The number of imide groups is 1. The van der Waals surface area contributed by atoms with Crippen molar-refractivity contribution in [3.8, 4) is 0 Å². The molecule has 0 aromatic heterocycles. The Balaban J connectivity index is 2.00. The van der Waals surface area contributed by atoms with Crippen LogP contribution in [0.5, 0.6) is 0 Å². The lowest BCUT2D eigenvalue weighted by molar-refractivity contribution is -0.136. The second-order valence-electron chi connectivity index (χ2n) is 6.12. The molecule has 0 N–H and O–H groups in total. The van der Waals surface area contributed by atoms with Gasteiger partial charge in [0.05, 0.1) is 24.3 Å². The lowest BCUT2D eigenvalue weighted by atomic mass is 10.0. The fraction of sp³-hybridized carbons (Fsp3) is 0.190. The summed E-state index contributed by atoms with van der Waals surface area (Å²) in [6.45, 7) is 1.61. The number of carbonyl (C=O) groups excluding carboxylic acids is 3. The molecule has 1 unspecified atom stereocenters. The number of carbonyl (C=O) groups is 3. The Morgan fingerprint density at radius 3 is 2.08 bits per heavy atom. The van der Waals surface area contributed by atoms with E-state index in [0.29, 0.717) is 23.1 Å². The van der Waals surface area contributed by atoms with E-state index in [2.05, 4.69) is 0 Å². The molecule has 0 fully saturated rings. The van der Waals surface area contributed by atoms with Crippen molar-refractivity contribution < 1.29 is 19.1 Å². The minimum Gasteiger partial charge on any atom is -0.466 e. The van der Waals surface area contributed by atoms with Gasteiger partial charge in [0.15, 0.2) is 0 Å². The van der Waals surface area contributed by atoms with Gasteiger partial charge in [0, 0.05) is 5.57 Å². The lowest BCUT2D eigenvalue weighted by Gasteiger charge is -2.24. The second-order valence-corrected chi connectivity index (χ2v) is 6.12. The maximum atomic E-state index is 12.8. The van der Waals surface area contributed by atoms with Crippen LogP contribution in [0, 0.1) is 0 Å². The largest absolute Gasteiger partial charge is 0.466 e. The molecule has 5 nitrogen and oxygen atoms in total. The number of benzene rings is 2. The molecule has 26 heavy (non-hydrogen) atoms. The van der Waals surface area contributed by atoms with Crippen molar-refractivity contribution in [1.82, 2.24) is 4.90 Å².